The van der Waals surface area contributed by atoms with Crippen molar-refractivity contribution in [1.82, 2.24) is 25.1 Å². The van der Waals surface area contributed by atoms with Crippen LogP contribution in [0.3, 0.4) is 0 Å². The Balaban J connectivity index is 1.29. The molecule has 1 fully saturated rings. The minimum absolute atomic E-state index is 0.268. The van der Waals surface area contributed by atoms with Gasteiger partial charge < -0.3 is 9.72 Å². The summed E-state index contributed by atoms with van der Waals surface area (Å²) in [5.41, 5.74) is 6.88. The molecule has 30 heavy (non-hydrogen) atoms. The molecule has 1 saturated heterocycles. The average molecular weight is 402 g/mol. The van der Waals surface area contributed by atoms with Gasteiger partial charge in [0.05, 0.1) is 35.5 Å². The van der Waals surface area contributed by atoms with Gasteiger partial charge in [-0.1, -0.05) is 30.3 Å². The molecule has 4 aromatic rings. The van der Waals surface area contributed by atoms with Crippen molar-refractivity contribution in [3.63, 3.8) is 0 Å². The number of hydrogen-bond acceptors (Lipinski definition) is 4. The first-order valence-electron chi connectivity index (χ1n) is 10.6. The molecule has 5 rings (SSSR count). The Kier molecular flexibility index (Phi) is 5.11. The summed E-state index contributed by atoms with van der Waals surface area (Å²) in [4.78, 5) is 10.7. The summed E-state index contributed by atoms with van der Waals surface area (Å²) in [5, 5.41) is 7.03. The van der Waals surface area contributed by atoms with Crippen molar-refractivity contribution in [2.24, 2.45) is 0 Å². The van der Waals surface area contributed by atoms with Crippen molar-refractivity contribution < 1.29 is 4.74 Å². The summed E-state index contributed by atoms with van der Waals surface area (Å²) in [6.07, 6.45) is 3.21. The fourth-order valence-corrected chi connectivity index (χ4v) is 4.37. The number of nitrogens with one attached hydrogen (secondary N) is 2. The highest BCUT2D eigenvalue weighted by molar-refractivity contribution is 5.76. The zero-order valence-corrected chi connectivity index (χ0v) is 17.4. The van der Waals surface area contributed by atoms with Crippen molar-refractivity contribution in [3.05, 3.63) is 71.7 Å². The quantitative estimate of drug-likeness (QED) is 0.527. The van der Waals surface area contributed by atoms with Gasteiger partial charge in [-0.05, 0) is 55.2 Å². The number of imidazole rings is 1. The Bertz CT molecular complexity index is 1110. The van der Waals surface area contributed by atoms with Gasteiger partial charge in [-0.15, -0.1) is 0 Å². The van der Waals surface area contributed by atoms with Crippen LogP contribution in [0.5, 0.6) is 0 Å². The summed E-state index contributed by atoms with van der Waals surface area (Å²) >= 11 is 0. The Hall–Kier alpha value is -2.96. The van der Waals surface area contributed by atoms with Crippen molar-refractivity contribution in [2.45, 2.75) is 39.0 Å². The van der Waals surface area contributed by atoms with E-state index in [9.17, 15) is 0 Å². The van der Waals surface area contributed by atoms with Crippen molar-refractivity contribution in [1.29, 1.82) is 0 Å². The molecular formula is C24H27N5O. The van der Waals surface area contributed by atoms with Crippen LogP contribution in [0.4, 0.5) is 0 Å². The number of aromatic amines is 2. The lowest BCUT2D eigenvalue weighted by molar-refractivity contribution is -0.0710. The highest BCUT2D eigenvalue weighted by Gasteiger charge is 2.22. The van der Waals surface area contributed by atoms with Crippen LogP contribution in [0.15, 0.2) is 54.7 Å². The lowest BCUT2D eigenvalue weighted by Crippen LogP contribution is -2.44. The van der Waals surface area contributed by atoms with E-state index >= 15 is 0 Å². The summed E-state index contributed by atoms with van der Waals surface area (Å²) in [6.45, 7) is 6.99. The zero-order valence-electron chi connectivity index (χ0n) is 17.4. The second kappa shape index (κ2) is 8.05. The topological polar surface area (TPSA) is 69.8 Å². The maximum atomic E-state index is 5.84. The first-order valence-corrected chi connectivity index (χ1v) is 10.6. The van der Waals surface area contributed by atoms with Gasteiger partial charge in [0, 0.05) is 19.3 Å². The first kappa shape index (κ1) is 19.0. The molecule has 6 nitrogen and oxygen atoms in total. The number of H-pyrrole nitrogens is 2. The predicted molar refractivity (Wildman–Crippen MR) is 118 cm³/mol. The second-order valence-corrected chi connectivity index (χ2v) is 8.33. The Morgan fingerprint density at radius 3 is 2.50 bits per heavy atom. The van der Waals surface area contributed by atoms with Gasteiger partial charge in [0.25, 0.3) is 0 Å². The Morgan fingerprint density at radius 1 is 1.00 bits per heavy atom. The highest BCUT2D eigenvalue weighted by Crippen LogP contribution is 2.21. The van der Waals surface area contributed by atoms with Crippen LogP contribution >= 0.6 is 0 Å². The third-order valence-electron chi connectivity index (χ3n) is 5.64. The Morgan fingerprint density at radius 2 is 1.77 bits per heavy atom. The van der Waals surface area contributed by atoms with E-state index in [1.165, 1.54) is 11.1 Å². The van der Waals surface area contributed by atoms with Crippen molar-refractivity contribution >= 4 is 11.0 Å². The van der Waals surface area contributed by atoms with Gasteiger partial charge >= 0.3 is 0 Å². The van der Waals surface area contributed by atoms with E-state index in [1.807, 2.05) is 6.07 Å². The molecule has 2 unspecified atom stereocenters. The number of hydrogen-bond donors (Lipinski definition) is 2. The molecule has 2 N–H and O–H groups in total. The molecule has 0 amide bonds. The summed E-state index contributed by atoms with van der Waals surface area (Å²) in [5.74, 6) is 1.02. The molecule has 6 heteroatoms. The van der Waals surface area contributed by atoms with Gasteiger partial charge in [-0.3, -0.25) is 10.00 Å². The van der Waals surface area contributed by atoms with Gasteiger partial charge in [-0.25, -0.2) is 4.98 Å². The van der Waals surface area contributed by atoms with E-state index in [-0.39, 0.29) is 12.2 Å². The largest absolute Gasteiger partial charge is 0.373 e. The molecule has 3 heterocycles. The number of benzene rings is 2. The van der Waals surface area contributed by atoms with Crippen LogP contribution in [0.25, 0.3) is 22.3 Å². The van der Waals surface area contributed by atoms with E-state index in [4.69, 9.17) is 9.72 Å². The van der Waals surface area contributed by atoms with Gasteiger partial charge in [-0.2, -0.15) is 5.10 Å². The van der Waals surface area contributed by atoms with E-state index in [1.54, 1.807) is 6.20 Å². The molecule has 2 aromatic carbocycles. The van der Waals surface area contributed by atoms with Gasteiger partial charge in [0.2, 0.25) is 0 Å². The normalized spacial score (nSPS) is 20.1. The maximum absolute atomic E-state index is 5.84. The second-order valence-electron chi connectivity index (χ2n) is 8.33. The molecule has 1 aliphatic rings. The van der Waals surface area contributed by atoms with Gasteiger partial charge in [0.15, 0.2) is 0 Å². The molecule has 2 aromatic heterocycles. The fraction of sp³-hybridized carbons (Fsp3) is 0.333. The van der Waals surface area contributed by atoms with Gasteiger partial charge in [0.1, 0.15) is 5.82 Å². The van der Waals surface area contributed by atoms with Crippen molar-refractivity contribution in [2.75, 3.05) is 13.1 Å². The number of nitrogens with zero attached hydrogens (tertiary/aromatic N) is 3. The monoisotopic (exact) mass is 401 g/mol. The maximum Gasteiger partial charge on any atom is 0.121 e. The number of morpholine rings is 1. The van der Waals surface area contributed by atoms with E-state index in [0.29, 0.717) is 0 Å². The van der Waals surface area contributed by atoms with Crippen LogP contribution in [-0.2, 0) is 17.7 Å². The smallest absolute Gasteiger partial charge is 0.121 e. The fourth-order valence-electron chi connectivity index (χ4n) is 4.37. The summed E-state index contributed by atoms with van der Waals surface area (Å²) in [6, 6.07) is 17.1. The van der Waals surface area contributed by atoms with Crippen LogP contribution in [0.1, 0.15) is 30.8 Å². The minimum atomic E-state index is 0.268. The third-order valence-corrected chi connectivity index (χ3v) is 5.64. The molecule has 0 spiro atoms. The van der Waals surface area contributed by atoms with E-state index < -0.39 is 0 Å². The summed E-state index contributed by atoms with van der Waals surface area (Å²) in [7, 11) is 0. The highest BCUT2D eigenvalue weighted by atomic mass is 16.5. The lowest BCUT2D eigenvalue weighted by Gasteiger charge is -2.34. The molecular weight excluding hydrogens is 374 g/mol. The summed E-state index contributed by atoms with van der Waals surface area (Å²) < 4.78 is 5.84. The van der Waals surface area contributed by atoms with E-state index in [2.05, 4.69) is 76.4 Å². The number of rotatable bonds is 5. The van der Waals surface area contributed by atoms with Crippen LogP contribution < -0.4 is 0 Å². The lowest BCUT2D eigenvalue weighted by atomic mass is 10.0. The standard InChI is InChI=1S/C24H27N5O/c1-16-13-29(14-17(2)30-16)15-24-26-22-8-5-19(12-23(22)27-24)11-18-3-6-20(7-4-18)21-9-10-25-28-21/h3-10,12,16-17H,11,13-15H2,1-2H3,(H,25,28)(H,26,27). The molecule has 0 radical (unpaired) electrons. The number of ether oxygens (including phenoxy) is 1. The average Bonchev–Trinajstić information content (AvgIpc) is 3.37. The number of aromatic nitrogens is 4. The minimum Gasteiger partial charge on any atom is -0.373 e. The van der Waals surface area contributed by atoms with Crippen LogP contribution in [0.2, 0.25) is 0 Å². The molecule has 1 aliphatic heterocycles. The molecule has 0 aliphatic carbocycles. The van der Waals surface area contributed by atoms with Crippen molar-refractivity contribution in [3.8, 4) is 11.3 Å². The zero-order chi connectivity index (χ0) is 20.5. The molecule has 2 atom stereocenters. The molecule has 154 valence electrons. The molecule has 0 saturated carbocycles. The predicted octanol–water partition coefficient (Wildman–Crippen LogP) is 4.15. The number of fused-ring (bicyclic) bond motifs is 1. The SMILES string of the molecule is CC1CN(Cc2nc3ccc(Cc4ccc(-c5ccn[nH]5)cc4)cc3[nH]2)CC(C)O1. The first-order chi connectivity index (χ1) is 14.6. The van der Waals surface area contributed by atoms with Crippen LogP contribution in [-0.4, -0.2) is 50.4 Å². The third kappa shape index (κ3) is 4.15. The molecule has 0 bridgehead atoms. The van der Waals surface area contributed by atoms with E-state index in [0.717, 1.165) is 54.2 Å². The Labute approximate surface area is 176 Å². The van der Waals surface area contributed by atoms with Crippen LogP contribution in [0, 0.1) is 0 Å².